The highest BCUT2D eigenvalue weighted by Gasteiger charge is 2.25. The number of carboxylic acids is 1. The van der Waals surface area contributed by atoms with E-state index in [9.17, 15) is 18.8 Å². The lowest BCUT2D eigenvalue weighted by Gasteiger charge is -2.19. The number of aliphatic hydroxyl groups is 1. The molecule has 1 aromatic rings. The zero-order valence-electron chi connectivity index (χ0n) is 15.2. The molecular weight excluding hydrogens is 359 g/mol. The fraction of sp³-hybridized carbons (Fsp3) is 0.412. The van der Waals surface area contributed by atoms with Gasteiger partial charge in [0.05, 0.1) is 12.4 Å². The lowest BCUT2D eigenvalue weighted by atomic mass is 10.0. The Balaban J connectivity index is 2.90. The number of aliphatic carboxylic acids is 1. The summed E-state index contributed by atoms with van der Waals surface area (Å²) in [6.07, 6.45) is 1.31. The van der Waals surface area contributed by atoms with Crippen LogP contribution in [0.3, 0.4) is 0 Å². The predicted molar refractivity (Wildman–Crippen MR) is 93.7 cm³/mol. The number of aromatic nitrogens is 1. The molecule has 148 valence electrons. The molecule has 1 rings (SSSR count). The van der Waals surface area contributed by atoms with Gasteiger partial charge in [-0.3, -0.25) is 14.9 Å². The second kappa shape index (κ2) is 10.3. The first-order valence-corrected chi connectivity index (χ1v) is 8.19. The lowest BCUT2D eigenvalue weighted by Crippen LogP contribution is -2.47. The third-order valence-corrected chi connectivity index (χ3v) is 3.56. The molecule has 0 unspecified atom stereocenters. The molecule has 0 spiro atoms. The molecule has 0 aliphatic rings. The minimum atomic E-state index is -1.19. The molecule has 0 aromatic carbocycles. The smallest absolute Gasteiger partial charge is 0.326 e. The summed E-state index contributed by atoms with van der Waals surface area (Å²) in [5.74, 6) is -3.74. The SMILES string of the molecule is C/C=C(\NC(=O)c1ccc(F)c(CNCO)n1)C(=O)N[C@H](C(=O)O)C(C)C. The van der Waals surface area contributed by atoms with Crippen molar-refractivity contribution in [2.75, 3.05) is 6.73 Å². The van der Waals surface area contributed by atoms with E-state index in [1.54, 1.807) is 13.8 Å². The standard InChI is InChI=1S/C17H23FN4O5/c1-4-11(15(24)22-14(9(2)3)17(26)27)21-16(25)12-6-5-10(18)13(20-12)7-19-8-23/h4-6,9,14,19,23H,7-8H2,1-3H3,(H,21,25)(H,22,24)(H,26,27)/b11-4-/t14-/m0/s1. The highest BCUT2D eigenvalue weighted by atomic mass is 19.1. The molecular formula is C17H23FN4O5. The van der Waals surface area contributed by atoms with Crippen molar-refractivity contribution in [3.8, 4) is 0 Å². The number of halogens is 1. The van der Waals surface area contributed by atoms with Crippen molar-refractivity contribution in [1.82, 2.24) is 20.9 Å². The summed E-state index contributed by atoms with van der Waals surface area (Å²) >= 11 is 0. The van der Waals surface area contributed by atoms with E-state index in [2.05, 4.69) is 20.9 Å². The van der Waals surface area contributed by atoms with Crippen molar-refractivity contribution < 1.29 is 29.0 Å². The quantitative estimate of drug-likeness (QED) is 0.302. The van der Waals surface area contributed by atoms with Crippen LogP contribution in [0.25, 0.3) is 0 Å². The molecule has 1 heterocycles. The van der Waals surface area contributed by atoms with E-state index in [0.29, 0.717) is 0 Å². The van der Waals surface area contributed by atoms with E-state index < -0.39 is 29.6 Å². The molecule has 2 amide bonds. The Hall–Kier alpha value is -2.85. The Morgan fingerprint density at radius 1 is 1.30 bits per heavy atom. The van der Waals surface area contributed by atoms with E-state index in [-0.39, 0.29) is 36.3 Å². The number of amides is 2. The van der Waals surface area contributed by atoms with Gasteiger partial charge in [0.1, 0.15) is 23.3 Å². The maximum atomic E-state index is 13.7. The number of hydrogen-bond donors (Lipinski definition) is 5. The summed E-state index contributed by atoms with van der Waals surface area (Å²) in [6.45, 7) is 4.29. The molecule has 27 heavy (non-hydrogen) atoms. The zero-order valence-corrected chi connectivity index (χ0v) is 15.2. The van der Waals surface area contributed by atoms with Crippen LogP contribution in [0.1, 0.15) is 37.0 Å². The Morgan fingerprint density at radius 3 is 2.48 bits per heavy atom. The number of carbonyl (C=O) groups excluding carboxylic acids is 2. The fourth-order valence-corrected chi connectivity index (χ4v) is 2.09. The molecule has 9 nitrogen and oxygen atoms in total. The summed E-state index contributed by atoms with van der Waals surface area (Å²) in [4.78, 5) is 39.6. The number of carbonyl (C=O) groups is 3. The van der Waals surface area contributed by atoms with Gasteiger partial charge >= 0.3 is 5.97 Å². The van der Waals surface area contributed by atoms with Gasteiger partial charge in [0.25, 0.3) is 11.8 Å². The molecule has 0 aliphatic carbocycles. The van der Waals surface area contributed by atoms with Crippen molar-refractivity contribution in [3.63, 3.8) is 0 Å². The number of nitrogens with zero attached hydrogens (tertiary/aromatic N) is 1. The molecule has 0 aliphatic heterocycles. The average molecular weight is 382 g/mol. The van der Waals surface area contributed by atoms with Crippen LogP contribution >= 0.6 is 0 Å². The van der Waals surface area contributed by atoms with Gasteiger partial charge in [-0.1, -0.05) is 19.9 Å². The predicted octanol–water partition coefficient (Wildman–Crippen LogP) is 0.119. The van der Waals surface area contributed by atoms with Crippen LogP contribution in [0.5, 0.6) is 0 Å². The van der Waals surface area contributed by atoms with Gasteiger partial charge in [0, 0.05) is 6.54 Å². The fourth-order valence-electron chi connectivity index (χ4n) is 2.09. The van der Waals surface area contributed by atoms with E-state index in [1.165, 1.54) is 13.0 Å². The Kier molecular flexibility index (Phi) is 8.49. The largest absolute Gasteiger partial charge is 0.480 e. The van der Waals surface area contributed by atoms with Crippen LogP contribution in [0.15, 0.2) is 23.9 Å². The van der Waals surface area contributed by atoms with Gasteiger partial charge in [-0.2, -0.15) is 0 Å². The Bertz CT molecular complexity index is 736. The van der Waals surface area contributed by atoms with Crippen molar-refractivity contribution in [2.24, 2.45) is 5.92 Å². The van der Waals surface area contributed by atoms with E-state index in [1.807, 2.05) is 0 Å². The second-order valence-electron chi connectivity index (χ2n) is 5.90. The van der Waals surface area contributed by atoms with Crippen LogP contribution in [0, 0.1) is 11.7 Å². The first-order chi connectivity index (χ1) is 12.7. The third-order valence-electron chi connectivity index (χ3n) is 3.56. The van der Waals surface area contributed by atoms with E-state index >= 15 is 0 Å². The van der Waals surface area contributed by atoms with Crippen molar-refractivity contribution in [1.29, 1.82) is 0 Å². The Morgan fingerprint density at radius 2 is 1.96 bits per heavy atom. The van der Waals surface area contributed by atoms with Gasteiger partial charge in [-0.25, -0.2) is 14.2 Å². The molecule has 1 aromatic heterocycles. The summed E-state index contributed by atoms with van der Waals surface area (Å²) in [5, 5.41) is 25.0. The minimum Gasteiger partial charge on any atom is -0.480 e. The van der Waals surface area contributed by atoms with Crippen molar-refractivity contribution >= 4 is 17.8 Å². The van der Waals surface area contributed by atoms with Crippen LogP contribution < -0.4 is 16.0 Å². The molecule has 10 heteroatoms. The highest BCUT2D eigenvalue weighted by molar-refractivity contribution is 6.02. The topological polar surface area (TPSA) is 141 Å². The Labute approximate surface area is 155 Å². The molecule has 0 saturated carbocycles. The maximum absolute atomic E-state index is 13.7. The molecule has 0 radical (unpaired) electrons. The van der Waals surface area contributed by atoms with Crippen LogP contribution in [0.2, 0.25) is 0 Å². The maximum Gasteiger partial charge on any atom is 0.326 e. The molecule has 0 saturated heterocycles. The summed E-state index contributed by atoms with van der Waals surface area (Å²) in [6, 6.07) is 1.07. The van der Waals surface area contributed by atoms with Gasteiger partial charge in [-0.05, 0) is 25.0 Å². The van der Waals surface area contributed by atoms with Crippen LogP contribution in [-0.4, -0.2) is 45.8 Å². The minimum absolute atomic E-state index is 0.0751. The number of carboxylic acid groups (broad SMARTS) is 1. The van der Waals surface area contributed by atoms with Crippen molar-refractivity contribution in [2.45, 2.75) is 33.4 Å². The number of hydrogen-bond acceptors (Lipinski definition) is 6. The molecule has 0 bridgehead atoms. The molecule has 1 atom stereocenters. The van der Waals surface area contributed by atoms with Crippen molar-refractivity contribution in [3.05, 3.63) is 41.1 Å². The van der Waals surface area contributed by atoms with Crippen LogP contribution in [-0.2, 0) is 16.1 Å². The highest BCUT2D eigenvalue weighted by Crippen LogP contribution is 2.08. The molecule has 5 N–H and O–H groups in total. The third kappa shape index (κ3) is 6.42. The monoisotopic (exact) mass is 382 g/mol. The normalized spacial score (nSPS) is 12.6. The van der Waals surface area contributed by atoms with Gasteiger partial charge in [-0.15, -0.1) is 0 Å². The second-order valence-corrected chi connectivity index (χ2v) is 5.90. The molecule has 0 fully saturated rings. The summed E-state index contributed by atoms with van der Waals surface area (Å²) in [7, 11) is 0. The average Bonchev–Trinajstić information content (AvgIpc) is 2.62. The first-order valence-electron chi connectivity index (χ1n) is 8.19. The van der Waals surface area contributed by atoms with Gasteiger partial charge < -0.3 is 20.8 Å². The van der Waals surface area contributed by atoms with E-state index in [4.69, 9.17) is 10.2 Å². The number of rotatable bonds is 9. The van der Waals surface area contributed by atoms with Gasteiger partial charge in [0.15, 0.2) is 0 Å². The lowest BCUT2D eigenvalue weighted by molar-refractivity contribution is -0.142. The first kappa shape index (κ1) is 22.2. The number of allylic oxidation sites excluding steroid dienone is 1. The number of nitrogens with one attached hydrogen (secondary N) is 3. The van der Waals surface area contributed by atoms with Crippen LogP contribution in [0.4, 0.5) is 4.39 Å². The summed E-state index contributed by atoms with van der Waals surface area (Å²) in [5.41, 5.74) is -0.376. The number of aliphatic hydroxyl groups excluding tert-OH is 1. The number of pyridine rings is 1. The van der Waals surface area contributed by atoms with Gasteiger partial charge in [0.2, 0.25) is 0 Å². The van der Waals surface area contributed by atoms with E-state index in [0.717, 1.165) is 12.1 Å². The summed E-state index contributed by atoms with van der Waals surface area (Å²) < 4.78 is 13.7. The zero-order chi connectivity index (χ0) is 20.6.